The van der Waals surface area contributed by atoms with Crippen LogP contribution < -0.4 is 5.32 Å². The molecule has 0 atom stereocenters. The Morgan fingerprint density at radius 3 is 2.53 bits per heavy atom. The van der Waals surface area contributed by atoms with Crippen LogP contribution in [-0.4, -0.2) is 30.5 Å². The highest BCUT2D eigenvalue weighted by atomic mass is 16.6. The minimum Gasteiger partial charge on any atom is -0.447 e. The van der Waals surface area contributed by atoms with Crippen molar-refractivity contribution in [1.82, 2.24) is 5.32 Å². The molecule has 1 aromatic rings. The van der Waals surface area contributed by atoms with E-state index in [2.05, 4.69) is 29.6 Å². The second-order valence-corrected chi connectivity index (χ2v) is 4.96. The van der Waals surface area contributed by atoms with Crippen molar-refractivity contribution in [3.63, 3.8) is 0 Å². The average Bonchev–Trinajstić information content (AvgIpc) is 2.47. The van der Waals surface area contributed by atoms with Gasteiger partial charge < -0.3 is 15.2 Å². The number of benzene rings is 1. The summed E-state index contributed by atoms with van der Waals surface area (Å²) in [6.45, 7) is -0.0701. The Bertz CT molecular complexity index is 386. The molecule has 0 aliphatic heterocycles. The van der Waals surface area contributed by atoms with E-state index in [1.807, 2.05) is 6.07 Å². The topological polar surface area (TPSA) is 58.6 Å². The zero-order chi connectivity index (χ0) is 13.5. The molecule has 1 saturated carbocycles. The van der Waals surface area contributed by atoms with Gasteiger partial charge in [-0.25, -0.2) is 4.79 Å². The van der Waals surface area contributed by atoms with E-state index < -0.39 is 6.09 Å². The fourth-order valence-corrected chi connectivity index (χ4v) is 2.64. The Morgan fingerprint density at radius 2 is 1.89 bits per heavy atom. The van der Waals surface area contributed by atoms with Crippen LogP contribution in [0.25, 0.3) is 0 Å². The van der Waals surface area contributed by atoms with Crippen molar-refractivity contribution in [3.8, 4) is 0 Å². The Kier molecular flexibility index (Phi) is 5.21. The van der Waals surface area contributed by atoms with E-state index in [0.29, 0.717) is 5.92 Å². The number of ether oxygens (including phenoxy) is 1. The van der Waals surface area contributed by atoms with Gasteiger partial charge in [-0.05, 0) is 37.2 Å². The van der Waals surface area contributed by atoms with Gasteiger partial charge in [-0.3, -0.25) is 0 Å². The third-order valence-corrected chi connectivity index (χ3v) is 3.64. The molecule has 0 unspecified atom stereocenters. The molecule has 1 aliphatic rings. The van der Waals surface area contributed by atoms with E-state index in [1.165, 1.54) is 5.56 Å². The number of hydrogen-bond donors (Lipinski definition) is 2. The minimum atomic E-state index is -0.419. The molecule has 104 valence electrons. The lowest BCUT2D eigenvalue weighted by molar-refractivity contribution is 0.114. The summed E-state index contributed by atoms with van der Waals surface area (Å²) in [5, 5.41) is 11.4. The van der Waals surface area contributed by atoms with Crippen molar-refractivity contribution in [2.75, 3.05) is 13.2 Å². The summed E-state index contributed by atoms with van der Waals surface area (Å²) in [4.78, 5) is 11.4. The number of aliphatic hydroxyl groups is 1. The lowest BCUT2D eigenvalue weighted by atomic mass is 9.82. The summed E-state index contributed by atoms with van der Waals surface area (Å²) in [7, 11) is 0. The van der Waals surface area contributed by atoms with Crippen LogP contribution in [0.4, 0.5) is 4.79 Å². The predicted molar refractivity (Wildman–Crippen MR) is 73.0 cm³/mol. The summed E-state index contributed by atoms with van der Waals surface area (Å²) in [5.41, 5.74) is 1.39. The van der Waals surface area contributed by atoms with Gasteiger partial charge in [0.2, 0.25) is 0 Å². The maximum absolute atomic E-state index is 11.4. The second kappa shape index (κ2) is 7.14. The molecule has 19 heavy (non-hydrogen) atoms. The molecule has 1 aromatic carbocycles. The first-order valence-electron chi connectivity index (χ1n) is 6.88. The van der Waals surface area contributed by atoms with Crippen molar-refractivity contribution in [1.29, 1.82) is 0 Å². The molecule has 0 saturated heterocycles. The average molecular weight is 263 g/mol. The lowest BCUT2D eigenvalue weighted by Crippen LogP contribution is -2.38. The van der Waals surface area contributed by atoms with E-state index in [0.717, 1.165) is 25.7 Å². The van der Waals surface area contributed by atoms with Crippen LogP contribution in [0.3, 0.4) is 0 Å². The maximum atomic E-state index is 11.4. The van der Waals surface area contributed by atoms with Crippen LogP contribution in [0.15, 0.2) is 30.3 Å². The van der Waals surface area contributed by atoms with Gasteiger partial charge in [-0.15, -0.1) is 0 Å². The zero-order valence-corrected chi connectivity index (χ0v) is 11.0. The number of alkyl carbamates (subject to hydrolysis) is 1. The maximum Gasteiger partial charge on any atom is 0.407 e. The Balaban J connectivity index is 1.75. The Hall–Kier alpha value is -1.55. The number of carbonyl (C=O) groups is 1. The van der Waals surface area contributed by atoms with Crippen LogP contribution in [-0.2, 0) is 4.74 Å². The monoisotopic (exact) mass is 263 g/mol. The molecule has 0 bridgehead atoms. The highest BCUT2D eigenvalue weighted by Crippen LogP contribution is 2.32. The van der Waals surface area contributed by atoms with Crippen molar-refractivity contribution >= 4 is 6.09 Å². The number of amides is 1. The SMILES string of the molecule is O=C(NC1CCC(c2ccccc2)CC1)OCCO. The number of hydrogen-bond acceptors (Lipinski definition) is 3. The molecule has 0 radical (unpaired) electrons. The standard InChI is InChI=1S/C15H21NO3/c17-10-11-19-15(18)16-14-8-6-13(7-9-14)12-4-2-1-3-5-12/h1-5,13-14,17H,6-11H2,(H,16,18). The van der Waals surface area contributed by atoms with E-state index in [4.69, 9.17) is 9.84 Å². The van der Waals surface area contributed by atoms with Crippen LogP contribution in [0.5, 0.6) is 0 Å². The smallest absolute Gasteiger partial charge is 0.407 e. The molecule has 1 fully saturated rings. The molecule has 4 nitrogen and oxygen atoms in total. The van der Waals surface area contributed by atoms with Crippen LogP contribution in [0, 0.1) is 0 Å². The molecular formula is C15H21NO3. The summed E-state index contributed by atoms with van der Waals surface area (Å²) >= 11 is 0. The second-order valence-electron chi connectivity index (χ2n) is 4.96. The quantitative estimate of drug-likeness (QED) is 0.877. The minimum absolute atomic E-state index is 0.0607. The number of rotatable bonds is 4. The summed E-state index contributed by atoms with van der Waals surface area (Å²) in [5.74, 6) is 0.604. The normalized spacial score (nSPS) is 22.8. The first kappa shape index (κ1) is 13.9. The Morgan fingerprint density at radius 1 is 1.21 bits per heavy atom. The van der Waals surface area contributed by atoms with Crippen molar-refractivity contribution < 1.29 is 14.6 Å². The van der Waals surface area contributed by atoms with Crippen molar-refractivity contribution in [2.24, 2.45) is 0 Å². The van der Waals surface area contributed by atoms with Gasteiger partial charge in [-0.2, -0.15) is 0 Å². The van der Waals surface area contributed by atoms with Crippen LogP contribution >= 0.6 is 0 Å². The molecule has 2 rings (SSSR count). The van der Waals surface area contributed by atoms with Crippen LogP contribution in [0.1, 0.15) is 37.2 Å². The van der Waals surface area contributed by atoms with Gasteiger partial charge >= 0.3 is 6.09 Å². The fraction of sp³-hybridized carbons (Fsp3) is 0.533. The third kappa shape index (κ3) is 4.24. The van der Waals surface area contributed by atoms with Gasteiger partial charge in [0.15, 0.2) is 0 Å². The van der Waals surface area contributed by atoms with E-state index in [-0.39, 0.29) is 19.3 Å². The molecule has 2 N–H and O–H groups in total. The summed E-state index contributed by atoms with van der Waals surface area (Å²) in [6, 6.07) is 10.7. The van der Waals surface area contributed by atoms with Gasteiger partial charge in [0, 0.05) is 6.04 Å². The van der Waals surface area contributed by atoms with Gasteiger partial charge in [-0.1, -0.05) is 30.3 Å². The van der Waals surface area contributed by atoms with Crippen molar-refractivity contribution in [3.05, 3.63) is 35.9 Å². The first-order chi connectivity index (χ1) is 9.29. The highest BCUT2D eigenvalue weighted by Gasteiger charge is 2.23. The molecule has 0 heterocycles. The molecule has 4 heteroatoms. The molecule has 0 aromatic heterocycles. The largest absolute Gasteiger partial charge is 0.447 e. The third-order valence-electron chi connectivity index (χ3n) is 3.64. The summed E-state index contributed by atoms with van der Waals surface area (Å²) in [6.07, 6.45) is 3.73. The van der Waals surface area contributed by atoms with E-state index in [1.54, 1.807) is 0 Å². The van der Waals surface area contributed by atoms with Gasteiger partial charge in [0.25, 0.3) is 0 Å². The van der Waals surface area contributed by atoms with E-state index in [9.17, 15) is 4.79 Å². The number of carbonyl (C=O) groups excluding carboxylic acids is 1. The lowest BCUT2D eigenvalue weighted by Gasteiger charge is -2.29. The highest BCUT2D eigenvalue weighted by molar-refractivity contribution is 5.67. The van der Waals surface area contributed by atoms with Crippen molar-refractivity contribution in [2.45, 2.75) is 37.6 Å². The predicted octanol–water partition coefficient (Wildman–Crippen LogP) is 2.43. The molecular weight excluding hydrogens is 242 g/mol. The van der Waals surface area contributed by atoms with Crippen LogP contribution in [0.2, 0.25) is 0 Å². The molecule has 0 spiro atoms. The fourth-order valence-electron chi connectivity index (χ4n) is 2.64. The number of aliphatic hydroxyl groups excluding tert-OH is 1. The van der Waals surface area contributed by atoms with Gasteiger partial charge in [0.1, 0.15) is 6.61 Å². The van der Waals surface area contributed by atoms with E-state index >= 15 is 0 Å². The first-order valence-corrected chi connectivity index (χ1v) is 6.88. The molecule has 1 aliphatic carbocycles. The Labute approximate surface area is 113 Å². The zero-order valence-electron chi connectivity index (χ0n) is 11.0. The van der Waals surface area contributed by atoms with Gasteiger partial charge in [0.05, 0.1) is 6.61 Å². The summed E-state index contributed by atoms with van der Waals surface area (Å²) < 4.78 is 4.81. The number of nitrogens with one attached hydrogen (secondary N) is 1. The molecule has 1 amide bonds.